The number of benzene rings is 1. The SMILES string of the molecule is CCC1(CNC2CCc3c(F)cccc32)CC1. The normalized spacial score (nSPS) is 24.7. The van der Waals surface area contributed by atoms with Gasteiger partial charge in [0.15, 0.2) is 0 Å². The molecule has 1 saturated carbocycles. The van der Waals surface area contributed by atoms with Crippen molar-refractivity contribution in [1.82, 2.24) is 5.32 Å². The molecule has 0 amide bonds. The monoisotopic (exact) mass is 233 g/mol. The van der Waals surface area contributed by atoms with Crippen molar-refractivity contribution < 1.29 is 4.39 Å². The molecule has 17 heavy (non-hydrogen) atoms. The Kier molecular flexibility index (Phi) is 2.70. The van der Waals surface area contributed by atoms with Gasteiger partial charge in [-0.15, -0.1) is 0 Å². The summed E-state index contributed by atoms with van der Waals surface area (Å²) in [5.41, 5.74) is 2.69. The zero-order valence-electron chi connectivity index (χ0n) is 10.4. The molecule has 2 aliphatic rings. The summed E-state index contributed by atoms with van der Waals surface area (Å²) in [6.45, 7) is 3.38. The Morgan fingerprint density at radius 1 is 1.41 bits per heavy atom. The van der Waals surface area contributed by atoms with Gasteiger partial charge in [0.25, 0.3) is 0 Å². The molecular weight excluding hydrogens is 213 g/mol. The van der Waals surface area contributed by atoms with Crippen LogP contribution in [0.5, 0.6) is 0 Å². The van der Waals surface area contributed by atoms with Crippen LogP contribution in [0.25, 0.3) is 0 Å². The van der Waals surface area contributed by atoms with Crippen molar-refractivity contribution in [2.45, 2.75) is 45.1 Å². The third kappa shape index (κ3) is 1.99. The summed E-state index contributed by atoms with van der Waals surface area (Å²) in [6, 6.07) is 5.87. The minimum atomic E-state index is -0.0246. The molecule has 1 fully saturated rings. The van der Waals surface area contributed by atoms with Gasteiger partial charge in [-0.1, -0.05) is 19.1 Å². The van der Waals surface area contributed by atoms with Crippen LogP contribution in [0.1, 0.15) is 49.8 Å². The molecular formula is C15H20FN. The number of halogens is 1. The van der Waals surface area contributed by atoms with Crippen LogP contribution >= 0.6 is 0 Å². The van der Waals surface area contributed by atoms with Gasteiger partial charge in [-0.3, -0.25) is 0 Å². The zero-order valence-corrected chi connectivity index (χ0v) is 10.4. The standard InChI is InChI=1S/C15H20FN/c1-2-15(8-9-15)10-17-14-7-6-11-12(14)4-3-5-13(11)16/h3-5,14,17H,2,6-10H2,1H3. The Balaban J connectivity index is 1.69. The van der Waals surface area contributed by atoms with E-state index in [1.165, 1.54) is 24.8 Å². The predicted octanol–water partition coefficient (Wildman–Crippen LogP) is 3.59. The van der Waals surface area contributed by atoms with E-state index in [0.717, 1.165) is 24.9 Å². The molecule has 92 valence electrons. The number of fused-ring (bicyclic) bond motifs is 1. The van der Waals surface area contributed by atoms with Gasteiger partial charge in [-0.2, -0.15) is 0 Å². The lowest BCUT2D eigenvalue weighted by atomic mass is 10.0. The second kappa shape index (κ2) is 4.09. The van der Waals surface area contributed by atoms with E-state index in [1.807, 2.05) is 6.07 Å². The maximum Gasteiger partial charge on any atom is 0.126 e. The average molecular weight is 233 g/mol. The molecule has 3 rings (SSSR count). The third-order valence-corrected chi connectivity index (χ3v) is 4.64. The highest BCUT2D eigenvalue weighted by atomic mass is 19.1. The summed E-state index contributed by atoms with van der Waals surface area (Å²) < 4.78 is 13.6. The van der Waals surface area contributed by atoms with E-state index in [0.29, 0.717) is 11.5 Å². The van der Waals surface area contributed by atoms with E-state index >= 15 is 0 Å². The maximum atomic E-state index is 13.6. The Hall–Kier alpha value is -0.890. The second-order valence-electron chi connectivity index (χ2n) is 5.63. The molecule has 1 atom stereocenters. The van der Waals surface area contributed by atoms with Crippen LogP contribution in [-0.2, 0) is 6.42 Å². The van der Waals surface area contributed by atoms with Crippen molar-refractivity contribution in [2.24, 2.45) is 5.41 Å². The zero-order chi connectivity index (χ0) is 11.9. The van der Waals surface area contributed by atoms with E-state index in [4.69, 9.17) is 0 Å². The lowest BCUT2D eigenvalue weighted by Crippen LogP contribution is -2.26. The quantitative estimate of drug-likeness (QED) is 0.838. The minimum absolute atomic E-state index is 0.0246. The summed E-state index contributed by atoms with van der Waals surface area (Å²) in [6.07, 6.45) is 5.93. The van der Waals surface area contributed by atoms with Crippen LogP contribution in [0.15, 0.2) is 18.2 Å². The van der Waals surface area contributed by atoms with E-state index in [-0.39, 0.29) is 5.82 Å². The van der Waals surface area contributed by atoms with Gasteiger partial charge in [0, 0.05) is 12.6 Å². The number of hydrogen-bond acceptors (Lipinski definition) is 1. The van der Waals surface area contributed by atoms with Crippen LogP contribution in [0.2, 0.25) is 0 Å². The number of hydrogen-bond donors (Lipinski definition) is 1. The predicted molar refractivity (Wildman–Crippen MR) is 67.4 cm³/mol. The van der Waals surface area contributed by atoms with Crippen molar-refractivity contribution in [3.63, 3.8) is 0 Å². The number of nitrogens with one attached hydrogen (secondary N) is 1. The van der Waals surface area contributed by atoms with Crippen molar-refractivity contribution in [3.05, 3.63) is 35.1 Å². The topological polar surface area (TPSA) is 12.0 Å². The molecule has 1 N–H and O–H groups in total. The highest BCUT2D eigenvalue weighted by Crippen LogP contribution is 2.48. The molecule has 1 unspecified atom stereocenters. The maximum absolute atomic E-state index is 13.6. The Morgan fingerprint density at radius 2 is 2.24 bits per heavy atom. The first-order valence-electron chi connectivity index (χ1n) is 6.75. The molecule has 0 aromatic heterocycles. The third-order valence-electron chi connectivity index (χ3n) is 4.64. The smallest absolute Gasteiger partial charge is 0.126 e. The van der Waals surface area contributed by atoms with Gasteiger partial charge in [0.05, 0.1) is 0 Å². The van der Waals surface area contributed by atoms with Crippen molar-refractivity contribution in [1.29, 1.82) is 0 Å². The molecule has 1 aromatic carbocycles. The van der Waals surface area contributed by atoms with Crippen molar-refractivity contribution >= 4 is 0 Å². The summed E-state index contributed by atoms with van der Waals surface area (Å²) in [7, 11) is 0. The van der Waals surface area contributed by atoms with Crippen LogP contribution in [0.4, 0.5) is 4.39 Å². The fourth-order valence-corrected chi connectivity index (χ4v) is 2.99. The lowest BCUT2D eigenvalue weighted by molar-refractivity contribution is 0.403. The van der Waals surface area contributed by atoms with Gasteiger partial charge >= 0.3 is 0 Å². The van der Waals surface area contributed by atoms with E-state index in [1.54, 1.807) is 6.07 Å². The van der Waals surface area contributed by atoms with Gasteiger partial charge in [-0.05, 0) is 54.7 Å². The van der Waals surface area contributed by atoms with Gasteiger partial charge < -0.3 is 5.32 Å². The van der Waals surface area contributed by atoms with E-state index in [9.17, 15) is 4.39 Å². The fourth-order valence-electron chi connectivity index (χ4n) is 2.99. The van der Waals surface area contributed by atoms with Crippen molar-refractivity contribution in [2.75, 3.05) is 6.54 Å². The number of rotatable bonds is 4. The van der Waals surface area contributed by atoms with Gasteiger partial charge in [0.1, 0.15) is 5.82 Å². The molecule has 0 aliphatic heterocycles. The van der Waals surface area contributed by atoms with Gasteiger partial charge in [0.2, 0.25) is 0 Å². The lowest BCUT2D eigenvalue weighted by Gasteiger charge is -2.19. The Morgan fingerprint density at radius 3 is 2.94 bits per heavy atom. The van der Waals surface area contributed by atoms with Crippen molar-refractivity contribution in [3.8, 4) is 0 Å². The summed E-state index contributed by atoms with van der Waals surface area (Å²) >= 11 is 0. The summed E-state index contributed by atoms with van der Waals surface area (Å²) in [4.78, 5) is 0. The summed E-state index contributed by atoms with van der Waals surface area (Å²) in [5.74, 6) is -0.0246. The summed E-state index contributed by atoms with van der Waals surface area (Å²) in [5, 5.41) is 3.65. The molecule has 0 spiro atoms. The highest BCUT2D eigenvalue weighted by molar-refractivity contribution is 5.35. The van der Waals surface area contributed by atoms with Crippen LogP contribution in [0.3, 0.4) is 0 Å². The van der Waals surface area contributed by atoms with Crippen LogP contribution in [-0.4, -0.2) is 6.54 Å². The minimum Gasteiger partial charge on any atom is -0.309 e. The Labute approximate surface area is 102 Å². The van der Waals surface area contributed by atoms with Crippen LogP contribution in [0, 0.1) is 11.2 Å². The molecule has 2 heteroatoms. The van der Waals surface area contributed by atoms with E-state index < -0.39 is 0 Å². The Bertz CT molecular complexity index is 423. The molecule has 1 nitrogen and oxygen atoms in total. The molecule has 0 bridgehead atoms. The fraction of sp³-hybridized carbons (Fsp3) is 0.600. The first kappa shape index (κ1) is 11.2. The first-order chi connectivity index (χ1) is 8.24. The molecule has 2 aliphatic carbocycles. The highest BCUT2D eigenvalue weighted by Gasteiger charge is 2.41. The van der Waals surface area contributed by atoms with Gasteiger partial charge in [-0.25, -0.2) is 4.39 Å². The molecule has 0 radical (unpaired) electrons. The average Bonchev–Trinajstić information content (AvgIpc) is 3.01. The molecule has 0 heterocycles. The second-order valence-corrected chi connectivity index (χ2v) is 5.63. The van der Waals surface area contributed by atoms with E-state index in [2.05, 4.69) is 18.3 Å². The molecule has 0 saturated heterocycles. The first-order valence-corrected chi connectivity index (χ1v) is 6.75. The molecule has 1 aromatic rings. The largest absolute Gasteiger partial charge is 0.309 e. The van der Waals surface area contributed by atoms with Crippen LogP contribution < -0.4 is 5.32 Å².